The van der Waals surface area contributed by atoms with Crippen molar-refractivity contribution < 1.29 is 9.53 Å². The second kappa shape index (κ2) is 8.00. The predicted molar refractivity (Wildman–Crippen MR) is 116 cm³/mol. The lowest BCUT2D eigenvalue weighted by atomic mass is 9.69. The molecule has 1 saturated carbocycles. The van der Waals surface area contributed by atoms with Crippen LogP contribution in [0.4, 0.5) is 10.5 Å². The van der Waals surface area contributed by atoms with E-state index >= 15 is 0 Å². The zero-order chi connectivity index (χ0) is 21.2. The van der Waals surface area contributed by atoms with E-state index < -0.39 is 0 Å². The molecule has 0 atom stereocenters. The summed E-state index contributed by atoms with van der Waals surface area (Å²) in [5.74, 6) is 0.564. The first-order valence-electron chi connectivity index (χ1n) is 10.4. The Hall–Kier alpha value is -3.04. The highest BCUT2D eigenvalue weighted by Crippen LogP contribution is 2.46. The van der Waals surface area contributed by atoms with Gasteiger partial charge in [0.2, 0.25) is 0 Å². The number of carbonyl (C=O) groups is 1. The van der Waals surface area contributed by atoms with Gasteiger partial charge in [0.05, 0.1) is 17.8 Å². The molecule has 2 fully saturated rings. The van der Waals surface area contributed by atoms with E-state index in [1.54, 1.807) is 11.0 Å². The van der Waals surface area contributed by atoms with Gasteiger partial charge in [0.15, 0.2) is 6.61 Å². The first-order chi connectivity index (χ1) is 14.5. The molecule has 6 nitrogen and oxygen atoms in total. The van der Waals surface area contributed by atoms with Crippen LogP contribution in [0.25, 0.3) is 0 Å². The number of ether oxygens (including phenoxy) is 1. The lowest BCUT2D eigenvalue weighted by Gasteiger charge is -2.48. The number of nitriles is 1. The van der Waals surface area contributed by atoms with Crippen molar-refractivity contribution in [1.82, 2.24) is 10.2 Å². The first kappa shape index (κ1) is 20.2. The molecule has 156 valence electrons. The normalized spacial score (nSPS) is 25.9. The summed E-state index contributed by atoms with van der Waals surface area (Å²) in [6.07, 6.45) is 3.77. The van der Waals surface area contributed by atoms with Crippen molar-refractivity contribution in [2.45, 2.75) is 36.8 Å². The minimum atomic E-state index is -0.242. The fraction of sp³-hybridized carbons (Fsp3) is 0.417. The van der Waals surface area contributed by atoms with E-state index in [0.717, 1.165) is 31.4 Å². The summed E-state index contributed by atoms with van der Waals surface area (Å²) in [6, 6.07) is 20.0. The van der Waals surface area contributed by atoms with E-state index in [1.807, 2.05) is 24.3 Å². The topological polar surface area (TPSA) is 68.6 Å². The Bertz CT molecular complexity index is 943. The maximum absolute atomic E-state index is 12.9. The van der Waals surface area contributed by atoms with Crippen molar-refractivity contribution in [3.05, 3.63) is 60.2 Å². The Labute approximate surface area is 178 Å². The molecule has 0 bridgehead atoms. The van der Waals surface area contributed by atoms with Gasteiger partial charge in [-0.15, -0.1) is 0 Å². The molecule has 2 aliphatic rings. The van der Waals surface area contributed by atoms with Crippen molar-refractivity contribution in [3.63, 3.8) is 0 Å². The number of para-hydroxylation sites is 2. The van der Waals surface area contributed by atoms with Crippen molar-refractivity contribution in [2.75, 3.05) is 32.1 Å². The molecule has 30 heavy (non-hydrogen) atoms. The standard InChI is InChI=1S/C24H28N4O2/c1-27(2)24(19-8-4-3-5-9-19)14-12-23(13-15-24)18-28(22(29)26-23)20-10-6-7-11-21(20)30-17-16-25/h3-11H,12-15,17-18H2,1-2H3,(H,26,29). The molecule has 1 spiro atoms. The van der Waals surface area contributed by atoms with E-state index in [2.05, 4.69) is 54.6 Å². The van der Waals surface area contributed by atoms with Crippen LogP contribution < -0.4 is 15.0 Å². The monoisotopic (exact) mass is 404 g/mol. The number of amides is 2. The first-order valence-corrected chi connectivity index (χ1v) is 10.4. The second-order valence-corrected chi connectivity index (χ2v) is 8.50. The molecule has 1 N–H and O–H groups in total. The highest BCUT2D eigenvalue weighted by atomic mass is 16.5. The van der Waals surface area contributed by atoms with Crippen molar-refractivity contribution in [1.29, 1.82) is 5.26 Å². The Morgan fingerprint density at radius 2 is 1.73 bits per heavy atom. The number of nitrogens with zero attached hydrogens (tertiary/aromatic N) is 3. The molecular formula is C24H28N4O2. The summed E-state index contributed by atoms with van der Waals surface area (Å²) >= 11 is 0. The molecule has 1 heterocycles. The van der Waals surface area contributed by atoms with Gasteiger partial charge in [-0.2, -0.15) is 5.26 Å². The number of anilines is 1. The molecule has 0 unspecified atom stereocenters. The van der Waals surface area contributed by atoms with Gasteiger partial charge in [-0.3, -0.25) is 9.80 Å². The molecule has 1 aliphatic carbocycles. The smallest absolute Gasteiger partial charge is 0.322 e. The van der Waals surface area contributed by atoms with Gasteiger partial charge < -0.3 is 10.1 Å². The van der Waals surface area contributed by atoms with E-state index in [9.17, 15) is 4.79 Å². The number of urea groups is 1. The van der Waals surface area contributed by atoms with Crippen LogP contribution in [0.2, 0.25) is 0 Å². The third-order valence-corrected chi connectivity index (χ3v) is 6.73. The summed E-state index contributed by atoms with van der Waals surface area (Å²) in [4.78, 5) is 17.0. The van der Waals surface area contributed by atoms with Crippen molar-refractivity contribution in [2.24, 2.45) is 0 Å². The van der Waals surface area contributed by atoms with E-state index in [1.165, 1.54) is 5.56 Å². The van der Waals surface area contributed by atoms with Crippen LogP contribution in [0.15, 0.2) is 54.6 Å². The zero-order valence-electron chi connectivity index (χ0n) is 17.6. The maximum Gasteiger partial charge on any atom is 0.322 e. The average molecular weight is 405 g/mol. The molecule has 2 amide bonds. The van der Waals surface area contributed by atoms with Gasteiger partial charge in [-0.05, 0) is 57.5 Å². The van der Waals surface area contributed by atoms with Crippen LogP contribution >= 0.6 is 0 Å². The molecule has 1 aliphatic heterocycles. The van der Waals surface area contributed by atoms with E-state index in [4.69, 9.17) is 10.00 Å². The van der Waals surface area contributed by atoms with Crippen LogP contribution in [0.3, 0.4) is 0 Å². The molecule has 6 heteroatoms. The van der Waals surface area contributed by atoms with Gasteiger partial charge in [0.1, 0.15) is 11.8 Å². The summed E-state index contributed by atoms with van der Waals surface area (Å²) < 4.78 is 5.56. The molecule has 0 aromatic heterocycles. The molecule has 0 radical (unpaired) electrons. The number of carbonyl (C=O) groups excluding carboxylic acids is 1. The van der Waals surface area contributed by atoms with E-state index in [-0.39, 0.29) is 23.7 Å². The van der Waals surface area contributed by atoms with Gasteiger partial charge in [-0.25, -0.2) is 4.79 Å². The van der Waals surface area contributed by atoms with Crippen LogP contribution in [0.1, 0.15) is 31.2 Å². The third-order valence-electron chi connectivity index (χ3n) is 6.73. The predicted octanol–water partition coefficient (Wildman–Crippen LogP) is 3.89. The van der Waals surface area contributed by atoms with Gasteiger partial charge >= 0.3 is 6.03 Å². The van der Waals surface area contributed by atoms with Crippen molar-refractivity contribution in [3.8, 4) is 11.8 Å². The van der Waals surface area contributed by atoms with E-state index in [0.29, 0.717) is 12.3 Å². The number of nitrogens with one attached hydrogen (secondary N) is 1. The number of hydrogen-bond donors (Lipinski definition) is 1. The summed E-state index contributed by atoms with van der Waals surface area (Å²) in [5, 5.41) is 12.1. The number of rotatable bonds is 5. The Balaban J connectivity index is 1.55. The SMILES string of the molecule is CN(C)C1(c2ccccc2)CCC2(CC1)CN(c1ccccc1OCC#N)C(=O)N2. The lowest BCUT2D eigenvalue weighted by Crippen LogP contribution is -2.54. The quantitative estimate of drug-likeness (QED) is 0.821. The van der Waals surface area contributed by atoms with Gasteiger partial charge in [-0.1, -0.05) is 42.5 Å². The molecular weight excluding hydrogens is 376 g/mol. The summed E-state index contributed by atoms with van der Waals surface area (Å²) in [7, 11) is 4.29. The van der Waals surface area contributed by atoms with Crippen LogP contribution in [-0.4, -0.2) is 43.7 Å². The number of benzene rings is 2. The molecule has 4 rings (SSSR count). The maximum atomic E-state index is 12.9. The highest BCUT2D eigenvalue weighted by molar-refractivity contribution is 5.96. The molecule has 2 aromatic rings. The zero-order valence-corrected chi connectivity index (χ0v) is 17.6. The van der Waals surface area contributed by atoms with Crippen LogP contribution in [-0.2, 0) is 5.54 Å². The molecule has 2 aromatic carbocycles. The minimum absolute atomic E-state index is 0.0154. The fourth-order valence-corrected chi connectivity index (χ4v) is 4.98. The third kappa shape index (κ3) is 3.50. The number of hydrogen-bond acceptors (Lipinski definition) is 4. The van der Waals surface area contributed by atoms with Crippen molar-refractivity contribution >= 4 is 11.7 Å². The van der Waals surface area contributed by atoms with Crippen LogP contribution in [0, 0.1) is 11.3 Å². The summed E-state index contributed by atoms with van der Waals surface area (Å²) in [6.45, 7) is 0.567. The average Bonchev–Trinajstić information content (AvgIpc) is 3.09. The fourth-order valence-electron chi connectivity index (χ4n) is 4.98. The second-order valence-electron chi connectivity index (χ2n) is 8.50. The largest absolute Gasteiger partial charge is 0.477 e. The Kier molecular flexibility index (Phi) is 5.40. The summed E-state index contributed by atoms with van der Waals surface area (Å²) in [5.41, 5.74) is 1.79. The van der Waals surface area contributed by atoms with Crippen LogP contribution in [0.5, 0.6) is 5.75 Å². The lowest BCUT2D eigenvalue weighted by molar-refractivity contribution is 0.0658. The minimum Gasteiger partial charge on any atom is -0.477 e. The Morgan fingerprint density at radius 1 is 1.07 bits per heavy atom. The van der Waals surface area contributed by atoms with Gasteiger partial charge in [0, 0.05) is 5.54 Å². The molecule has 1 saturated heterocycles. The highest BCUT2D eigenvalue weighted by Gasteiger charge is 2.50. The van der Waals surface area contributed by atoms with Gasteiger partial charge in [0.25, 0.3) is 0 Å². The Morgan fingerprint density at radius 3 is 2.40 bits per heavy atom.